The second kappa shape index (κ2) is 5.51. The zero-order chi connectivity index (χ0) is 14.8. The van der Waals surface area contributed by atoms with Crippen LogP contribution in [-0.2, 0) is 5.75 Å². The van der Waals surface area contributed by atoms with Crippen molar-refractivity contribution in [2.75, 3.05) is 5.73 Å². The molecule has 0 amide bonds. The molecule has 1 aromatic heterocycles. The van der Waals surface area contributed by atoms with Gasteiger partial charge in [0.1, 0.15) is 0 Å². The molecule has 4 nitrogen and oxygen atoms in total. The van der Waals surface area contributed by atoms with Gasteiger partial charge in [0.25, 0.3) is 0 Å². The first-order valence-electron chi connectivity index (χ1n) is 6.53. The van der Waals surface area contributed by atoms with E-state index in [1.807, 2.05) is 43.3 Å². The Hall–Kier alpha value is -2.45. The van der Waals surface area contributed by atoms with E-state index in [2.05, 4.69) is 16.0 Å². The van der Waals surface area contributed by atoms with Gasteiger partial charge >= 0.3 is 0 Å². The van der Waals surface area contributed by atoms with Crippen molar-refractivity contribution in [3.05, 3.63) is 53.1 Å². The minimum absolute atomic E-state index is 0.695. The van der Waals surface area contributed by atoms with Gasteiger partial charge in [-0.3, -0.25) is 0 Å². The summed E-state index contributed by atoms with van der Waals surface area (Å²) in [5.74, 6) is 0.812. The molecular weight excluding hydrogens is 280 g/mol. The quantitative estimate of drug-likeness (QED) is 0.571. The van der Waals surface area contributed by atoms with E-state index in [-0.39, 0.29) is 0 Å². The Morgan fingerprint density at radius 1 is 1.29 bits per heavy atom. The molecule has 3 N–H and O–H groups in total. The second-order valence-corrected chi connectivity index (χ2v) is 5.82. The number of nitrogen functional groups attached to an aromatic ring is 1. The molecule has 104 valence electrons. The number of anilines is 1. The minimum Gasteiger partial charge on any atom is -0.399 e. The van der Waals surface area contributed by atoms with Gasteiger partial charge in [-0.05, 0) is 48.4 Å². The van der Waals surface area contributed by atoms with Gasteiger partial charge in [0.05, 0.1) is 22.7 Å². The molecule has 3 aromatic rings. The average Bonchev–Trinajstić information content (AvgIpc) is 2.87. The van der Waals surface area contributed by atoms with E-state index in [1.54, 1.807) is 11.8 Å². The van der Waals surface area contributed by atoms with Gasteiger partial charge in [0, 0.05) is 11.4 Å². The van der Waals surface area contributed by atoms with Gasteiger partial charge in [-0.2, -0.15) is 5.26 Å². The van der Waals surface area contributed by atoms with Crippen LogP contribution in [0.15, 0.2) is 41.6 Å². The van der Waals surface area contributed by atoms with Crippen molar-refractivity contribution < 1.29 is 0 Å². The maximum atomic E-state index is 8.88. The molecule has 0 aliphatic carbocycles. The number of hydrogen-bond donors (Lipinski definition) is 2. The molecule has 0 aliphatic rings. The van der Waals surface area contributed by atoms with Crippen LogP contribution in [0.5, 0.6) is 0 Å². The summed E-state index contributed by atoms with van der Waals surface area (Å²) in [7, 11) is 0. The van der Waals surface area contributed by atoms with Crippen molar-refractivity contribution in [2.45, 2.75) is 17.8 Å². The fourth-order valence-electron chi connectivity index (χ4n) is 2.15. The number of aryl methyl sites for hydroxylation is 1. The number of H-pyrrole nitrogens is 1. The number of rotatable bonds is 3. The van der Waals surface area contributed by atoms with Gasteiger partial charge in [0.15, 0.2) is 5.16 Å². The molecule has 0 saturated carbocycles. The SMILES string of the molecule is Cc1cc(C#N)ccc1CSc1nc2ccc(N)cc2[nH]1. The highest BCUT2D eigenvalue weighted by molar-refractivity contribution is 7.98. The fraction of sp³-hybridized carbons (Fsp3) is 0.125. The highest BCUT2D eigenvalue weighted by Gasteiger charge is 2.06. The number of aromatic amines is 1. The van der Waals surface area contributed by atoms with E-state index >= 15 is 0 Å². The van der Waals surface area contributed by atoms with Crippen molar-refractivity contribution in [3.8, 4) is 6.07 Å². The number of nitrogens with zero attached hydrogens (tertiary/aromatic N) is 2. The standard InChI is InChI=1S/C16H14N4S/c1-10-6-11(8-17)2-3-12(10)9-21-16-19-14-5-4-13(18)7-15(14)20-16/h2-7H,9,18H2,1H3,(H,19,20). The van der Waals surface area contributed by atoms with Gasteiger partial charge in [-0.15, -0.1) is 0 Å². The predicted octanol–water partition coefficient (Wildman–Crippen LogP) is 3.62. The van der Waals surface area contributed by atoms with Crippen LogP contribution in [0.4, 0.5) is 5.69 Å². The first-order valence-corrected chi connectivity index (χ1v) is 7.52. The van der Waals surface area contributed by atoms with Crippen LogP contribution < -0.4 is 5.73 Å². The zero-order valence-electron chi connectivity index (χ0n) is 11.6. The van der Waals surface area contributed by atoms with Crippen molar-refractivity contribution in [1.29, 1.82) is 5.26 Å². The molecule has 0 spiro atoms. The van der Waals surface area contributed by atoms with Crippen LogP contribution in [0.1, 0.15) is 16.7 Å². The fourth-order valence-corrected chi connectivity index (χ4v) is 3.11. The molecule has 0 aliphatic heterocycles. The van der Waals surface area contributed by atoms with Crippen LogP contribution >= 0.6 is 11.8 Å². The summed E-state index contributed by atoms with van der Waals surface area (Å²) >= 11 is 1.64. The number of hydrogen-bond acceptors (Lipinski definition) is 4. The van der Waals surface area contributed by atoms with E-state index in [1.165, 1.54) is 5.56 Å². The van der Waals surface area contributed by atoms with E-state index in [9.17, 15) is 0 Å². The van der Waals surface area contributed by atoms with Crippen LogP contribution in [0, 0.1) is 18.3 Å². The summed E-state index contributed by atoms with van der Waals surface area (Å²) in [6, 6.07) is 13.6. The molecule has 0 bridgehead atoms. The molecule has 0 fully saturated rings. The lowest BCUT2D eigenvalue weighted by molar-refractivity contribution is 1.08. The number of aromatic nitrogens is 2. The third-order valence-electron chi connectivity index (χ3n) is 3.32. The highest BCUT2D eigenvalue weighted by atomic mass is 32.2. The Bertz CT molecular complexity index is 845. The van der Waals surface area contributed by atoms with Crippen molar-refractivity contribution in [1.82, 2.24) is 9.97 Å². The van der Waals surface area contributed by atoms with E-state index < -0.39 is 0 Å². The number of nitriles is 1. The van der Waals surface area contributed by atoms with Crippen molar-refractivity contribution in [3.63, 3.8) is 0 Å². The number of thioether (sulfide) groups is 1. The molecule has 5 heteroatoms. The Balaban J connectivity index is 1.78. The Kier molecular flexibility index (Phi) is 3.55. The summed E-state index contributed by atoms with van der Waals surface area (Å²) in [5, 5.41) is 9.76. The van der Waals surface area contributed by atoms with Gasteiger partial charge < -0.3 is 10.7 Å². The Morgan fingerprint density at radius 3 is 2.90 bits per heavy atom. The topological polar surface area (TPSA) is 78.5 Å². The molecule has 0 radical (unpaired) electrons. The minimum atomic E-state index is 0.695. The first-order chi connectivity index (χ1) is 10.2. The molecule has 0 atom stereocenters. The number of imidazole rings is 1. The van der Waals surface area contributed by atoms with E-state index in [4.69, 9.17) is 11.0 Å². The first kappa shape index (κ1) is 13.5. The number of fused-ring (bicyclic) bond motifs is 1. The van der Waals surface area contributed by atoms with Crippen LogP contribution in [0.25, 0.3) is 11.0 Å². The molecule has 0 unspecified atom stereocenters. The third kappa shape index (κ3) is 2.86. The molecular formula is C16H14N4S. The van der Waals surface area contributed by atoms with E-state index in [0.29, 0.717) is 5.56 Å². The molecule has 3 rings (SSSR count). The number of nitrogens with two attached hydrogens (primary N) is 1. The summed E-state index contributed by atoms with van der Waals surface area (Å²) in [5.41, 5.74) is 11.4. The second-order valence-electron chi connectivity index (χ2n) is 4.86. The van der Waals surface area contributed by atoms with Gasteiger partial charge in [0.2, 0.25) is 0 Å². The lowest BCUT2D eigenvalue weighted by Gasteiger charge is -2.04. The summed E-state index contributed by atoms with van der Waals surface area (Å²) in [6.45, 7) is 2.02. The zero-order valence-corrected chi connectivity index (χ0v) is 12.4. The molecule has 21 heavy (non-hydrogen) atoms. The average molecular weight is 294 g/mol. The number of nitrogens with one attached hydrogen (secondary N) is 1. The highest BCUT2D eigenvalue weighted by Crippen LogP contribution is 2.25. The van der Waals surface area contributed by atoms with Gasteiger partial charge in [-0.25, -0.2) is 4.98 Å². The van der Waals surface area contributed by atoms with Crippen molar-refractivity contribution in [2.24, 2.45) is 0 Å². The third-order valence-corrected chi connectivity index (χ3v) is 4.24. The van der Waals surface area contributed by atoms with Gasteiger partial charge in [-0.1, -0.05) is 17.8 Å². The summed E-state index contributed by atoms with van der Waals surface area (Å²) < 4.78 is 0. The summed E-state index contributed by atoms with van der Waals surface area (Å²) in [6.07, 6.45) is 0. The van der Waals surface area contributed by atoms with Crippen LogP contribution in [-0.4, -0.2) is 9.97 Å². The normalized spacial score (nSPS) is 10.7. The predicted molar refractivity (Wildman–Crippen MR) is 86.0 cm³/mol. The Labute approximate surface area is 127 Å². The van der Waals surface area contributed by atoms with E-state index in [0.717, 1.165) is 33.2 Å². The molecule has 0 saturated heterocycles. The lowest BCUT2D eigenvalue weighted by atomic mass is 10.1. The van der Waals surface area contributed by atoms with Crippen LogP contribution in [0.2, 0.25) is 0 Å². The monoisotopic (exact) mass is 294 g/mol. The summed E-state index contributed by atoms with van der Waals surface area (Å²) in [4.78, 5) is 7.80. The largest absolute Gasteiger partial charge is 0.399 e. The Morgan fingerprint density at radius 2 is 2.14 bits per heavy atom. The molecule has 2 aromatic carbocycles. The maximum absolute atomic E-state index is 8.88. The smallest absolute Gasteiger partial charge is 0.166 e. The van der Waals surface area contributed by atoms with Crippen molar-refractivity contribution >= 4 is 28.5 Å². The molecule has 1 heterocycles. The lowest BCUT2D eigenvalue weighted by Crippen LogP contribution is -1.88. The van der Waals surface area contributed by atoms with Crippen LogP contribution in [0.3, 0.4) is 0 Å². The number of benzene rings is 2. The maximum Gasteiger partial charge on any atom is 0.166 e.